The number of phenolic OH excluding ortho intramolecular Hbond substituents is 1. The number of aromatic nitrogens is 5. The second-order valence-corrected chi connectivity index (χ2v) is 5.51. The lowest BCUT2D eigenvalue weighted by Crippen LogP contribution is -2.08. The zero-order valence-corrected chi connectivity index (χ0v) is 13.1. The molecule has 0 aliphatic rings. The molecule has 0 saturated carbocycles. The number of benzene rings is 1. The summed E-state index contributed by atoms with van der Waals surface area (Å²) in [5.41, 5.74) is 0.153. The maximum Gasteiger partial charge on any atom is 0.416 e. The highest BCUT2D eigenvalue weighted by Crippen LogP contribution is 2.32. The van der Waals surface area contributed by atoms with Gasteiger partial charge in [0.25, 0.3) is 0 Å². The predicted octanol–water partition coefficient (Wildman–Crippen LogP) is 2.00. The standard InChI is InChI=1S/C15H12F3N5O3/c16-15(17,18)11-1-9(2-12(24)3-11)5-23-7-13(20-21-23)10-4-19-22(6-10)8-14(25)26/h1-4,6-7,24H,5,8H2,(H,25,26). The van der Waals surface area contributed by atoms with E-state index in [2.05, 4.69) is 15.4 Å². The number of nitrogens with zero attached hydrogens (tertiary/aromatic N) is 5. The van der Waals surface area contributed by atoms with Crippen molar-refractivity contribution in [2.45, 2.75) is 19.3 Å². The largest absolute Gasteiger partial charge is 0.508 e. The van der Waals surface area contributed by atoms with Crippen LogP contribution in [0.2, 0.25) is 0 Å². The Morgan fingerprint density at radius 1 is 1.15 bits per heavy atom. The molecule has 0 amide bonds. The number of carboxylic acids is 1. The first-order chi connectivity index (χ1) is 12.2. The summed E-state index contributed by atoms with van der Waals surface area (Å²) in [4.78, 5) is 10.7. The number of aromatic hydroxyl groups is 1. The van der Waals surface area contributed by atoms with Gasteiger partial charge in [-0.15, -0.1) is 5.10 Å². The van der Waals surface area contributed by atoms with Crippen LogP contribution in [-0.2, 0) is 24.1 Å². The topological polar surface area (TPSA) is 106 Å². The van der Waals surface area contributed by atoms with E-state index in [-0.39, 0.29) is 18.7 Å². The van der Waals surface area contributed by atoms with E-state index >= 15 is 0 Å². The Bertz CT molecular complexity index is 948. The summed E-state index contributed by atoms with van der Waals surface area (Å²) in [5.74, 6) is -1.54. The molecule has 1 aromatic carbocycles. The molecule has 0 aliphatic heterocycles. The van der Waals surface area contributed by atoms with Gasteiger partial charge >= 0.3 is 12.1 Å². The number of carboxylic acid groups (broad SMARTS) is 1. The molecule has 8 nitrogen and oxygen atoms in total. The van der Waals surface area contributed by atoms with Crippen LogP contribution in [-0.4, -0.2) is 41.0 Å². The molecular weight excluding hydrogens is 355 g/mol. The minimum absolute atomic E-state index is 0.0340. The third-order valence-electron chi connectivity index (χ3n) is 3.41. The maximum absolute atomic E-state index is 12.8. The van der Waals surface area contributed by atoms with E-state index in [9.17, 15) is 23.1 Å². The van der Waals surface area contributed by atoms with Crippen LogP contribution in [0.4, 0.5) is 13.2 Å². The Balaban J connectivity index is 1.80. The number of aliphatic carboxylic acids is 1. The van der Waals surface area contributed by atoms with Crippen LogP contribution in [0.15, 0.2) is 36.8 Å². The van der Waals surface area contributed by atoms with Gasteiger partial charge in [0.2, 0.25) is 0 Å². The molecule has 2 aromatic heterocycles. The van der Waals surface area contributed by atoms with E-state index in [4.69, 9.17) is 5.11 Å². The Labute approximate surface area is 144 Å². The minimum atomic E-state index is -4.57. The van der Waals surface area contributed by atoms with Crippen LogP contribution in [0.5, 0.6) is 5.75 Å². The lowest BCUT2D eigenvalue weighted by atomic mass is 10.1. The van der Waals surface area contributed by atoms with Gasteiger partial charge < -0.3 is 10.2 Å². The molecule has 0 unspecified atom stereocenters. The van der Waals surface area contributed by atoms with E-state index in [1.54, 1.807) is 0 Å². The number of hydrogen-bond acceptors (Lipinski definition) is 5. The van der Waals surface area contributed by atoms with E-state index < -0.39 is 23.5 Å². The molecule has 2 heterocycles. The molecule has 11 heteroatoms. The molecule has 136 valence electrons. The van der Waals surface area contributed by atoms with E-state index in [1.165, 1.54) is 34.0 Å². The van der Waals surface area contributed by atoms with Gasteiger partial charge in [0, 0.05) is 11.8 Å². The third-order valence-corrected chi connectivity index (χ3v) is 3.41. The smallest absolute Gasteiger partial charge is 0.416 e. The van der Waals surface area contributed by atoms with Crippen LogP contribution in [0.25, 0.3) is 11.3 Å². The monoisotopic (exact) mass is 367 g/mol. The van der Waals surface area contributed by atoms with Crippen molar-refractivity contribution in [3.63, 3.8) is 0 Å². The Morgan fingerprint density at radius 2 is 1.92 bits per heavy atom. The van der Waals surface area contributed by atoms with Crippen LogP contribution >= 0.6 is 0 Å². The zero-order chi connectivity index (χ0) is 18.9. The number of phenols is 1. The van der Waals surface area contributed by atoms with Crippen LogP contribution in [0, 0.1) is 0 Å². The van der Waals surface area contributed by atoms with Crippen molar-refractivity contribution in [3.05, 3.63) is 47.9 Å². The Morgan fingerprint density at radius 3 is 2.62 bits per heavy atom. The first kappa shape index (κ1) is 17.5. The molecule has 0 aliphatic carbocycles. The van der Waals surface area contributed by atoms with Crippen molar-refractivity contribution in [1.29, 1.82) is 0 Å². The lowest BCUT2D eigenvalue weighted by Gasteiger charge is -2.09. The summed E-state index contributed by atoms with van der Waals surface area (Å²) >= 11 is 0. The third kappa shape index (κ3) is 3.99. The van der Waals surface area contributed by atoms with E-state index in [0.29, 0.717) is 17.3 Å². The van der Waals surface area contributed by atoms with E-state index in [1.807, 2.05) is 0 Å². The SMILES string of the molecule is O=C(O)Cn1cc(-c2cn(Cc3cc(O)cc(C(F)(F)F)c3)nn2)cn1. The summed E-state index contributed by atoms with van der Waals surface area (Å²) in [6, 6.07) is 2.78. The quantitative estimate of drug-likeness (QED) is 0.714. The molecule has 0 atom stereocenters. The molecule has 0 bridgehead atoms. The van der Waals surface area contributed by atoms with Gasteiger partial charge in [-0.25, -0.2) is 4.68 Å². The van der Waals surface area contributed by atoms with Crippen molar-refractivity contribution in [2.75, 3.05) is 0 Å². The summed E-state index contributed by atoms with van der Waals surface area (Å²) in [6.45, 7) is -0.342. The molecular formula is C15H12F3N5O3. The van der Waals surface area contributed by atoms with E-state index in [0.717, 1.165) is 6.07 Å². The molecule has 0 fully saturated rings. The lowest BCUT2D eigenvalue weighted by molar-refractivity contribution is -0.138. The van der Waals surface area contributed by atoms with Gasteiger partial charge in [-0.05, 0) is 23.8 Å². The molecule has 0 radical (unpaired) electrons. The maximum atomic E-state index is 12.8. The second-order valence-electron chi connectivity index (χ2n) is 5.51. The second kappa shape index (κ2) is 6.50. The summed E-state index contributed by atoms with van der Waals surface area (Å²) in [7, 11) is 0. The normalized spacial score (nSPS) is 11.7. The molecule has 2 N–H and O–H groups in total. The van der Waals surface area contributed by atoms with Crippen molar-refractivity contribution in [2.24, 2.45) is 0 Å². The number of rotatable bonds is 5. The first-order valence-corrected chi connectivity index (χ1v) is 7.25. The Hall–Kier alpha value is -3.37. The minimum Gasteiger partial charge on any atom is -0.508 e. The number of hydrogen-bond donors (Lipinski definition) is 2. The van der Waals surface area contributed by atoms with Gasteiger partial charge in [0.05, 0.1) is 24.5 Å². The number of halogens is 3. The van der Waals surface area contributed by atoms with Crippen molar-refractivity contribution in [1.82, 2.24) is 24.8 Å². The average molecular weight is 367 g/mol. The zero-order valence-electron chi connectivity index (χ0n) is 13.1. The summed E-state index contributed by atoms with van der Waals surface area (Å²) in [5, 5.41) is 29.8. The predicted molar refractivity (Wildman–Crippen MR) is 81.1 cm³/mol. The van der Waals surface area contributed by atoms with Crippen molar-refractivity contribution >= 4 is 5.97 Å². The number of alkyl halides is 3. The summed E-state index contributed by atoms with van der Waals surface area (Å²) in [6.07, 6.45) is -0.203. The molecule has 26 heavy (non-hydrogen) atoms. The van der Waals surface area contributed by atoms with Gasteiger partial charge in [0.1, 0.15) is 18.0 Å². The Kier molecular flexibility index (Phi) is 4.36. The van der Waals surface area contributed by atoms with Crippen molar-refractivity contribution in [3.8, 4) is 17.0 Å². The molecule has 3 aromatic rings. The van der Waals surface area contributed by atoms with Gasteiger partial charge in [-0.3, -0.25) is 9.48 Å². The highest BCUT2D eigenvalue weighted by atomic mass is 19.4. The fraction of sp³-hybridized carbons (Fsp3) is 0.200. The highest BCUT2D eigenvalue weighted by molar-refractivity contribution is 5.66. The molecule has 3 rings (SSSR count). The molecule has 0 spiro atoms. The fourth-order valence-electron chi connectivity index (χ4n) is 2.34. The van der Waals surface area contributed by atoms with Crippen LogP contribution in [0.3, 0.4) is 0 Å². The van der Waals surface area contributed by atoms with Gasteiger partial charge in [-0.2, -0.15) is 18.3 Å². The van der Waals surface area contributed by atoms with Gasteiger partial charge in [0.15, 0.2) is 0 Å². The molecule has 0 saturated heterocycles. The summed E-state index contributed by atoms with van der Waals surface area (Å²) < 4.78 is 40.9. The number of carbonyl (C=O) groups is 1. The first-order valence-electron chi connectivity index (χ1n) is 7.25. The average Bonchev–Trinajstić information content (AvgIpc) is 3.14. The van der Waals surface area contributed by atoms with Crippen LogP contribution in [0.1, 0.15) is 11.1 Å². The highest BCUT2D eigenvalue weighted by Gasteiger charge is 2.31. The fourth-order valence-corrected chi connectivity index (χ4v) is 2.34. The van der Waals surface area contributed by atoms with Crippen molar-refractivity contribution < 1.29 is 28.2 Å². The van der Waals surface area contributed by atoms with Crippen LogP contribution < -0.4 is 0 Å². The van der Waals surface area contributed by atoms with Gasteiger partial charge in [-0.1, -0.05) is 5.21 Å².